The first-order valence-electron chi connectivity index (χ1n) is 10.6. The Morgan fingerprint density at radius 2 is 1.52 bits per heavy atom. The molecule has 0 fully saturated rings. The lowest BCUT2D eigenvalue weighted by atomic mass is 9.85. The van der Waals surface area contributed by atoms with Crippen molar-refractivity contribution < 1.29 is 28.6 Å². The number of aromatic nitrogens is 1. The number of carbonyl (C=O) groups is 3. The molecular weight excluding hydrogens is 444 g/mol. The first kappa shape index (κ1) is 24.2. The second kappa shape index (κ2) is 10.9. The maximum Gasteiger partial charge on any atom is 0.337 e. The number of ether oxygens (including phenoxy) is 3. The average molecular weight is 471 g/mol. The standard InChI is InChI=1S/C24H26N2O6S/c1-5-30-22(27)18-14(3)25-15(4)19(23(28)31-6-2)20(18)24(29)32-12-17-13-33-21(26-17)16-10-8-7-9-11-16/h7-11,13,20,25H,5-6,12H2,1-4H3. The van der Waals surface area contributed by atoms with Gasteiger partial charge in [-0.15, -0.1) is 11.3 Å². The molecule has 0 saturated heterocycles. The van der Waals surface area contributed by atoms with Crippen LogP contribution in [-0.4, -0.2) is 36.1 Å². The molecule has 0 unspecified atom stereocenters. The van der Waals surface area contributed by atoms with Crippen molar-refractivity contribution in [3.63, 3.8) is 0 Å². The lowest BCUT2D eigenvalue weighted by Gasteiger charge is -2.28. The van der Waals surface area contributed by atoms with Crippen LogP contribution in [-0.2, 0) is 35.2 Å². The van der Waals surface area contributed by atoms with Crippen LogP contribution in [0.15, 0.2) is 58.3 Å². The zero-order valence-corrected chi connectivity index (χ0v) is 19.8. The molecule has 2 aromatic rings. The Morgan fingerprint density at radius 3 is 2.06 bits per heavy atom. The van der Waals surface area contributed by atoms with Crippen molar-refractivity contribution in [2.45, 2.75) is 34.3 Å². The number of nitrogens with zero attached hydrogens (tertiary/aromatic N) is 1. The van der Waals surface area contributed by atoms with Gasteiger partial charge in [-0.1, -0.05) is 30.3 Å². The van der Waals surface area contributed by atoms with Gasteiger partial charge >= 0.3 is 17.9 Å². The summed E-state index contributed by atoms with van der Waals surface area (Å²) in [5.74, 6) is -3.41. The monoisotopic (exact) mass is 470 g/mol. The van der Waals surface area contributed by atoms with Crippen molar-refractivity contribution >= 4 is 29.2 Å². The van der Waals surface area contributed by atoms with Gasteiger partial charge in [0.2, 0.25) is 0 Å². The highest BCUT2D eigenvalue weighted by Crippen LogP contribution is 2.33. The molecule has 1 aliphatic heterocycles. The van der Waals surface area contributed by atoms with E-state index in [1.807, 2.05) is 30.3 Å². The number of nitrogens with one attached hydrogen (secondary N) is 1. The third-order valence-electron chi connectivity index (χ3n) is 4.92. The molecule has 174 valence electrons. The summed E-state index contributed by atoms with van der Waals surface area (Å²) in [7, 11) is 0. The Hall–Kier alpha value is -3.46. The van der Waals surface area contributed by atoms with Gasteiger partial charge in [-0.05, 0) is 27.7 Å². The number of hydrogen-bond donors (Lipinski definition) is 1. The van der Waals surface area contributed by atoms with Crippen LogP contribution in [0, 0.1) is 5.92 Å². The summed E-state index contributed by atoms with van der Waals surface area (Å²) in [6.07, 6.45) is 0. The van der Waals surface area contributed by atoms with Crippen LogP contribution in [0.4, 0.5) is 0 Å². The predicted octanol–water partition coefficient (Wildman–Crippen LogP) is 3.75. The molecule has 1 N–H and O–H groups in total. The minimum absolute atomic E-state index is 0.0266. The number of carbonyl (C=O) groups excluding carboxylic acids is 3. The number of thiazole rings is 1. The summed E-state index contributed by atoms with van der Waals surface area (Å²) in [6, 6.07) is 9.66. The lowest BCUT2D eigenvalue weighted by molar-refractivity contribution is -0.152. The van der Waals surface area contributed by atoms with Gasteiger partial charge in [0, 0.05) is 22.3 Å². The van der Waals surface area contributed by atoms with Gasteiger partial charge in [0.15, 0.2) is 0 Å². The molecule has 0 saturated carbocycles. The molecule has 33 heavy (non-hydrogen) atoms. The van der Waals surface area contributed by atoms with E-state index in [4.69, 9.17) is 14.2 Å². The highest BCUT2D eigenvalue weighted by molar-refractivity contribution is 7.13. The number of dihydropyridines is 1. The second-order valence-corrected chi connectivity index (χ2v) is 8.05. The summed E-state index contributed by atoms with van der Waals surface area (Å²) in [4.78, 5) is 43.1. The first-order valence-corrected chi connectivity index (χ1v) is 11.4. The SMILES string of the molecule is CCOC(=O)C1=C(C)NC(C)=C(C(=O)OCC)C1C(=O)OCc1csc(-c2ccccc2)n1. The number of rotatable bonds is 8. The third-order valence-corrected chi connectivity index (χ3v) is 5.86. The molecule has 0 amide bonds. The summed E-state index contributed by atoms with van der Waals surface area (Å²) in [6.45, 7) is 6.76. The minimum atomic E-state index is -1.27. The maximum atomic E-state index is 13.2. The number of allylic oxidation sites excluding steroid dienone is 2. The molecular formula is C24H26N2O6S. The van der Waals surface area contributed by atoms with Crippen molar-refractivity contribution in [3.8, 4) is 10.6 Å². The van der Waals surface area contributed by atoms with E-state index in [1.165, 1.54) is 11.3 Å². The van der Waals surface area contributed by atoms with Crippen LogP contribution in [0.2, 0.25) is 0 Å². The van der Waals surface area contributed by atoms with E-state index in [2.05, 4.69) is 10.3 Å². The Kier molecular flexibility index (Phi) is 8.00. The normalized spacial score (nSPS) is 14.1. The van der Waals surface area contributed by atoms with Crippen LogP contribution < -0.4 is 5.32 Å². The van der Waals surface area contributed by atoms with Crippen LogP contribution in [0.25, 0.3) is 10.6 Å². The Morgan fingerprint density at radius 1 is 0.939 bits per heavy atom. The van der Waals surface area contributed by atoms with E-state index in [1.54, 1.807) is 33.1 Å². The molecule has 0 spiro atoms. The molecule has 0 atom stereocenters. The van der Waals surface area contributed by atoms with Crippen LogP contribution in [0.3, 0.4) is 0 Å². The van der Waals surface area contributed by atoms with Crippen LogP contribution in [0.5, 0.6) is 0 Å². The van der Waals surface area contributed by atoms with Crippen molar-refractivity contribution in [1.29, 1.82) is 0 Å². The molecule has 0 radical (unpaired) electrons. The van der Waals surface area contributed by atoms with Gasteiger partial charge in [0.05, 0.1) is 30.1 Å². The smallest absolute Gasteiger partial charge is 0.337 e. The zero-order valence-electron chi connectivity index (χ0n) is 19.0. The van der Waals surface area contributed by atoms with Gasteiger partial charge in [-0.3, -0.25) is 4.79 Å². The van der Waals surface area contributed by atoms with Gasteiger partial charge in [0.1, 0.15) is 17.5 Å². The fourth-order valence-electron chi connectivity index (χ4n) is 3.50. The largest absolute Gasteiger partial charge is 0.463 e. The summed E-state index contributed by atoms with van der Waals surface area (Å²) < 4.78 is 15.8. The molecule has 9 heteroatoms. The lowest BCUT2D eigenvalue weighted by Crippen LogP contribution is -2.38. The maximum absolute atomic E-state index is 13.2. The topological polar surface area (TPSA) is 104 Å². The van der Waals surface area contributed by atoms with Crippen molar-refractivity contribution in [3.05, 3.63) is 63.9 Å². The number of benzene rings is 1. The van der Waals surface area contributed by atoms with Crippen molar-refractivity contribution in [2.75, 3.05) is 13.2 Å². The molecule has 3 rings (SSSR count). The van der Waals surface area contributed by atoms with E-state index >= 15 is 0 Å². The fraction of sp³-hybridized carbons (Fsp3) is 0.333. The number of hydrogen-bond acceptors (Lipinski definition) is 9. The molecule has 0 bridgehead atoms. The van der Waals surface area contributed by atoms with E-state index in [9.17, 15) is 14.4 Å². The van der Waals surface area contributed by atoms with Crippen LogP contribution in [0.1, 0.15) is 33.4 Å². The first-order chi connectivity index (χ1) is 15.9. The van der Waals surface area contributed by atoms with Gasteiger partial charge < -0.3 is 19.5 Å². The second-order valence-electron chi connectivity index (χ2n) is 7.19. The van der Waals surface area contributed by atoms with E-state index < -0.39 is 23.8 Å². The van der Waals surface area contributed by atoms with Gasteiger partial charge in [0.25, 0.3) is 0 Å². The predicted molar refractivity (Wildman–Crippen MR) is 123 cm³/mol. The molecule has 1 aromatic carbocycles. The van der Waals surface area contributed by atoms with Gasteiger partial charge in [-0.25, -0.2) is 14.6 Å². The Bertz CT molecular complexity index is 1060. The molecule has 0 aliphatic carbocycles. The molecule has 1 aliphatic rings. The summed E-state index contributed by atoms with van der Waals surface area (Å²) in [5, 5.41) is 5.58. The van der Waals surface area contributed by atoms with Crippen molar-refractivity contribution in [1.82, 2.24) is 10.3 Å². The highest BCUT2D eigenvalue weighted by atomic mass is 32.1. The third kappa shape index (κ3) is 5.48. The quantitative estimate of drug-likeness (QED) is 0.460. The Labute approximate surface area is 196 Å². The molecule has 2 heterocycles. The Balaban J connectivity index is 1.85. The van der Waals surface area contributed by atoms with Crippen LogP contribution >= 0.6 is 11.3 Å². The highest BCUT2D eigenvalue weighted by Gasteiger charge is 2.42. The van der Waals surface area contributed by atoms with Gasteiger partial charge in [-0.2, -0.15) is 0 Å². The van der Waals surface area contributed by atoms with E-state index in [0.29, 0.717) is 17.1 Å². The fourth-order valence-corrected chi connectivity index (χ4v) is 4.31. The molecule has 1 aromatic heterocycles. The molecule has 8 nitrogen and oxygen atoms in total. The average Bonchev–Trinajstić information content (AvgIpc) is 3.27. The van der Waals surface area contributed by atoms with E-state index in [0.717, 1.165) is 10.6 Å². The summed E-state index contributed by atoms with van der Waals surface area (Å²) in [5.41, 5.74) is 2.42. The minimum Gasteiger partial charge on any atom is -0.463 e. The number of esters is 3. The zero-order chi connectivity index (χ0) is 24.0. The summed E-state index contributed by atoms with van der Waals surface area (Å²) >= 11 is 1.44. The van der Waals surface area contributed by atoms with Crippen molar-refractivity contribution in [2.24, 2.45) is 5.92 Å². The van der Waals surface area contributed by atoms with E-state index in [-0.39, 0.29) is 31.0 Å².